The van der Waals surface area contributed by atoms with E-state index in [2.05, 4.69) is 45.6 Å². The van der Waals surface area contributed by atoms with Gasteiger partial charge in [0.1, 0.15) is 11.6 Å². The third-order valence-electron chi connectivity index (χ3n) is 7.37. The number of nitrogens with one attached hydrogen (secondary N) is 1. The Balaban J connectivity index is 1.21. The number of benzene rings is 2. The molecule has 1 unspecified atom stereocenters. The van der Waals surface area contributed by atoms with Crippen LogP contribution in [-0.4, -0.2) is 51.3 Å². The van der Waals surface area contributed by atoms with Gasteiger partial charge in [-0.15, -0.1) is 0 Å². The maximum Gasteiger partial charge on any atom is 0.291 e. The number of aromatic nitrogens is 3. The van der Waals surface area contributed by atoms with Crippen molar-refractivity contribution in [1.29, 1.82) is 0 Å². The van der Waals surface area contributed by atoms with E-state index in [1.807, 2.05) is 35.8 Å². The molecule has 0 saturated carbocycles. The van der Waals surface area contributed by atoms with Gasteiger partial charge in [0.25, 0.3) is 5.56 Å². The number of likely N-dealkylation sites (tertiary alicyclic amines) is 1. The number of nitrogens with zero attached hydrogens (tertiary/aromatic N) is 4. The molecular weight excluding hydrogens is 438 g/mol. The van der Waals surface area contributed by atoms with E-state index in [4.69, 9.17) is 0 Å². The molecule has 0 aliphatic carbocycles. The fourth-order valence-electron chi connectivity index (χ4n) is 5.35. The van der Waals surface area contributed by atoms with Crippen LogP contribution in [0.15, 0.2) is 65.6 Å². The minimum absolute atomic E-state index is 0.0783. The topological polar surface area (TPSA) is 72.2 Å². The molecule has 1 N–H and O–H groups in total. The van der Waals surface area contributed by atoms with E-state index in [0.29, 0.717) is 12.1 Å². The van der Waals surface area contributed by atoms with Gasteiger partial charge in [0.05, 0.1) is 11.7 Å². The lowest BCUT2D eigenvalue weighted by Gasteiger charge is -2.32. The summed E-state index contributed by atoms with van der Waals surface area (Å²) in [6, 6.07) is 18.0. The predicted octanol–water partition coefficient (Wildman–Crippen LogP) is 3.52. The van der Waals surface area contributed by atoms with Crippen LogP contribution in [0.5, 0.6) is 0 Å². The second-order valence-electron chi connectivity index (χ2n) is 9.66. The van der Waals surface area contributed by atoms with Crippen molar-refractivity contribution in [3.63, 3.8) is 0 Å². The van der Waals surface area contributed by atoms with Gasteiger partial charge >= 0.3 is 0 Å². The van der Waals surface area contributed by atoms with Crippen LogP contribution < -0.4 is 10.9 Å². The fraction of sp³-hybridized carbons (Fsp3) is 0.393. The lowest BCUT2D eigenvalue weighted by Crippen LogP contribution is -2.41. The minimum Gasteiger partial charge on any atom is -0.353 e. The summed E-state index contributed by atoms with van der Waals surface area (Å²) in [4.78, 5) is 28.5. The molecule has 35 heavy (non-hydrogen) atoms. The highest BCUT2D eigenvalue weighted by molar-refractivity contribution is 6.08. The van der Waals surface area contributed by atoms with Gasteiger partial charge in [-0.3, -0.25) is 9.59 Å². The van der Waals surface area contributed by atoms with Crippen LogP contribution >= 0.6 is 0 Å². The monoisotopic (exact) mass is 471 g/mol. The first-order valence-electron chi connectivity index (χ1n) is 12.5. The van der Waals surface area contributed by atoms with Crippen molar-refractivity contribution in [2.45, 2.75) is 32.2 Å². The van der Waals surface area contributed by atoms with Gasteiger partial charge in [-0.05, 0) is 56.8 Å². The molecule has 0 bridgehead atoms. The van der Waals surface area contributed by atoms with Crippen molar-refractivity contribution in [2.75, 3.05) is 26.2 Å². The van der Waals surface area contributed by atoms with E-state index in [9.17, 15) is 9.59 Å². The summed E-state index contributed by atoms with van der Waals surface area (Å²) >= 11 is 0. The van der Waals surface area contributed by atoms with Crippen LogP contribution in [0.3, 0.4) is 0 Å². The highest BCUT2D eigenvalue weighted by atomic mass is 16.2. The third-order valence-corrected chi connectivity index (χ3v) is 7.37. The molecule has 1 fully saturated rings. The first kappa shape index (κ1) is 23.3. The lowest BCUT2D eigenvalue weighted by molar-refractivity contribution is -0.123. The number of rotatable bonds is 7. The van der Waals surface area contributed by atoms with Gasteiger partial charge in [-0.25, -0.2) is 4.68 Å². The standard InChI is InChI=1S/C28H33N5O2/c1-20(33-25-11-7-6-10-23(25)24-19-30-31(2)28(35)26(24)33)27(34)29-14-17-32-15-12-22(13-16-32)18-21-8-4-3-5-9-21/h3-11,19-20,22H,12-18H2,1-2H3,(H,29,34). The molecule has 1 atom stereocenters. The van der Waals surface area contributed by atoms with Crippen molar-refractivity contribution in [3.05, 3.63) is 76.7 Å². The van der Waals surface area contributed by atoms with Crippen molar-refractivity contribution in [2.24, 2.45) is 13.0 Å². The number of hydrogen-bond acceptors (Lipinski definition) is 4. The van der Waals surface area contributed by atoms with Crippen LogP contribution in [0.25, 0.3) is 21.8 Å². The Hall–Kier alpha value is -3.45. The van der Waals surface area contributed by atoms with E-state index >= 15 is 0 Å². The van der Waals surface area contributed by atoms with Crippen molar-refractivity contribution in [3.8, 4) is 0 Å². The maximum atomic E-state index is 13.1. The van der Waals surface area contributed by atoms with Crippen LogP contribution in [-0.2, 0) is 18.3 Å². The molecule has 7 heteroatoms. The number of piperidine rings is 1. The highest BCUT2D eigenvalue weighted by Gasteiger charge is 2.24. The molecule has 1 saturated heterocycles. The largest absolute Gasteiger partial charge is 0.353 e. The average Bonchev–Trinajstić information content (AvgIpc) is 3.22. The third kappa shape index (κ3) is 4.73. The summed E-state index contributed by atoms with van der Waals surface area (Å²) in [5.74, 6) is 0.654. The normalized spacial score (nSPS) is 16.1. The van der Waals surface area contributed by atoms with E-state index in [1.54, 1.807) is 13.2 Å². The predicted molar refractivity (Wildman–Crippen MR) is 140 cm³/mol. The van der Waals surface area contributed by atoms with Gasteiger partial charge < -0.3 is 14.8 Å². The number of amides is 1. The van der Waals surface area contributed by atoms with E-state index in [1.165, 1.54) is 23.1 Å². The van der Waals surface area contributed by atoms with Crippen molar-refractivity contribution in [1.82, 2.24) is 24.6 Å². The first-order valence-corrected chi connectivity index (χ1v) is 12.5. The molecule has 5 rings (SSSR count). The van der Waals surface area contributed by atoms with Crippen LogP contribution in [0.2, 0.25) is 0 Å². The number of carbonyl (C=O) groups is 1. The Morgan fingerprint density at radius 2 is 1.77 bits per heavy atom. The Morgan fingerprint density at radius 1 is 1.06 bits per heavy atom. The number of aryl methyl sites for hydroxylation is 1. The number of fused-ring (bicyclic) bond motifs is 3. The molecule has 182 valence electrons. The molecule has 1 amide bonds. The SMILES string of the molecule is CC(C(=O)NCCN1CCC(Cc2ccccc2)CC1)n1c2ccccc2c2cnn(C)c(=O)c21. The Morgan fingerprint density at radius 3 is 2.54 bits per heavy atom. The molecule has 7 nitrogen and oxygen atoms in total. The lowest BCUT2D eigenvalue weighted by atomic mass is 9.90. The molecule has 2 aromatic heterocycles. The van der Waals surface area contributed by atoms with Gasteiger partial charge in [-0.1, -0.05) is 48.5 Å². The molecular formula is C28H33N5O2. The smallest absolute Gasteiger partial charge is 0.291 e. The zero-order chi connectivity index (χ0) is 24.4. The Bertz CT molecular complexity index is 1380. The summed E-state index contributed by atoms with van der Waals surface area (Å²) in [6.07, 6.45) is 5.24. The second-order valence-corrected chi connectivity index (χ2v) is 9.66. The van der Waals surface area contributed by atoms with Gasteiger partial charge in [0.2, 0.25) is 5.91 Å². The number of carbonyl (C=O) groups excluding carboxylic acids is 1. The summed E-state index contributed by atoms with van der Waals surface area (Å²) in [6.45, 7) is 5.44. The molecule has 0 radical (unpaired) electrons. The summed E-state index contributed by atoms with van der Waals surface area (Å²) in [5, 5.41) is 9.01. The zero-order valence-corrected chi connectivity index (χ0v) is 20.5. The average molecular weight is 472 g/mol. The molecule has 2 aromatic carbocycles. The highest BCUT2D eigenvalue weighted by Crippen LogP contribution is 2.29. The molecule has 3 heterocycles. The van der Waals surface area contributed by atoms with Gasteiger partial charge in [0, 0.05) is 30.9 Å². The van der Waals surface area contributed by atoms with Crippen molar-refractivity contribution < 1.29 is 4.79 Å². The zero-order valence-electron chi connectivity index (χ0n) is 20.5. The second kappa shape index (κ2) is 10.0. The van der Waals surface area contributed by atoms with E-state index in [0.717, 1.165) is 48.3 Å². The van der Waals surface area contributed by atoms with Crippen LogP contribution in [0.4, 0.5) is 0 Å². The van der Waals surface area contributed by atoms with E-state index < -0.39 is 6.04 Å². The maximum absolute atomic E-state index is 13.1. The Labute approximate surface area is 205 Å². The Kier molecular flexibility index (Phi) is 6.68. The molecule has 0 spiro atoms. The summed E-state index contributed by atoms with van der Waals surface area (Å²) < 4.78 is 3.18. The molecule has 4 aromatic rings. The van der Waals surface area contributed by atoms with Gasteiger partial charge in [-0.2, -0.15) is 5.10 Å². The number of hydrogen-bond donors (Lipinski definition) is 1. The summed E-state index contributed by atoms with van der Waals surface area (Å²) in [5.41, 5.74) is 2.61. The quantitative estimate of drug-likeness (QED) is 0.448. The minimum atomic E-state index is -0.510. The van der Waals surface area contributed by atoms with Crippen LogP contribution in [0.1, 0.15) is 31.4 Å². The summed E-state index contributed by atoms with van der Waals surface area (Å²) in [7, 11) is 1.64. The molecule has 1 aliphatic heterocycles. The van der Waals surface area contributed by atoms with E-state index in [-0.39, 0.29) is 11.5 Å². The molecule has 1 aliphatic rings. The van der Waals surface area contributed by atoms with Crippen molar-refractivity contribution >= 4 is 27.7 Å². The number of para-hydroxylation sites is 1. The van der Waals surface area contributed by atoms with Crippen LogP contribution in [0, 0.1) is 5.92 Å². The first-order chi connectivity index (χ1) is 17.0. The fourth-order valence-corrected chi connectivity index (χ4v) is 5.35. The van der Waals surface area contributed by atoms with Gasteiger partial charge in [0.15, 0.2) is 0 Å².